The number of ether oxygens (including phenoxy) is 2. The number of rotatable bonds is 8. The molecule has 3 aromatic rings. The molecular formula is C23H27N3O3. The molecule has 152 valence electrons. The summed E-state index contributed by atoms with van der Waals surface area (Å²) in [5.74, 6) is 1.16. The van der Waals surface area contributed by atoms with Crippen LogP contribution < -0.4 is 9.47 Å². The van der Waals surface area contributed by atoms with Crippen molar-refractivity contribution in [3.05, 3.63) is 70.2 Å². The lowest BCUT2D eigenvalue weighted by molar-refractivity contribution is 0.0916. The van der Waals surface area contributed by atoms with Crippen LogP contribution in [0.15, 0.2) is 36.4 Å². The summed E-state index contributed by atoms with van der Waals surface area (Å²) in [6.45, 7) is 8.57. The molecule has 0 amide bonds. The molecule has 6 nitrogen and oxygen atoms in total. The van der Waals surface area contributed by atoms with Crippen LogP contribution in [0.3, 0.4) is 0 Å². The maximum atomic E-state index is 12.7. The smallest absolute Gasteiger partial charge is 0.234 e. The van der Waals surface area contributed by atoms with Gasteiger partial charge in [-0.1, -0.05) is 12.1 Å². The van der Waals surface area contributed by atoms with Crippen LogP contribution in [-0.2, 0) is 13.0 Å². The monoisotopic (exact) mass is 393 g/mol. The molecule has 0 aliphatic heterocycles. The molecule has 0 aliphatic carbocycles. The first-order chi connectivity index (χ1) is 13.9. The van der Waals surface area contributed by atoms with E-state index >= 15 is 0 Å². The number of nitrogens with zero attached hydrogens (tertiary/aromatic N) is 3. The van der Waals surface area contributed by atoms with Crippen molar-refractivity contribution in [3.8, 4) is 11.6 Å². The second kappa shape index (κ2) is 8.90. The number of Topliss-reactive ketones (excluding diaryl/α,β-unsaturated/α-hetero) is 1. The molecule has 2 heterocycles. The van der Waals surface area contributed by atoms with Crippen molar-refractivity contribution in [2.75, 3.05) is 13.7 Å². The van der Waals surface area contributed by atoms with E-state index in [-0.39, 0.29) is 12.4 Å². The maximum Gasteiger partial charge on any atom is 0.234 e. The number of aryl methyl sites for hydroxylation is 4. The molecule has 0 spiro atoms. The number of benzene rings is 1. The third-order valence-electron chi connectivity index (χ3n) is 5.22. The van der Waals surface area contributed by atoms with Gasteiger partial charge in [0, 0.05) is 29.6 Å². The second-order valence-corrected chi connectivity index (χ2v) is 7.20. The van der Waals surface area contributed by atoms with Gasteiger partial charge in [-0.3, -0.25) is 4.79 Å². The standard InChI is InChI=1S/C23H27N3O3/c1-15-12-23(25-24-17(15)3)29-14-22(27)21-13-16(2)26(18(21)4)11-10-19-6-8-20(28-5)9-7-19/h6-9,12-13H,10-11,14H2,1-5H3. The normalized spacial score (nSPS) is 10.8. The molecule has 0 atom stereocenters. The molecule has 29 heavy (non-hydrogen) atoms. The number of methoxy groups -OCH3 is 1. The number of carbonyl (C=O) groups excluding carboxylic acids is 1. The Hall–Kier alpha value is -3.15. The first-order valence-corrected chi connectivity index (χ1v) is 9.65. The van der Waals surface area contributed by atoms with Crippen molar-refractivity contribution in [2.24, 2.45) is 0 Å². The van der Waals surface area contributed by atoms with Crippen LogP contribution >= 0.6 is 0 Å². The predicted molar refractivity (Wildman–Crippen MR) is 112 cm³/mol. The summed E-state index contributed by atoms with van der Waals surface area (Å²) in [5.41, 5.74) is 5.77. The van der Waals surface area contributed by atoms with Crippen molar-refractivity contribution in [2.45, 2.75) is 40.7 Å². The van der Waals surface area contributed by atoms with Crippen LogP contribution in [0.25, 0.3) is 0 Å². The fourth-order valence-corrected chi connectivity index (χ4v) is 3.27. The highest BCUT2D eigenvalue weighted by Gasteiger charge is 2.16. The Balaban J connectivity index is 1.65. The van der Waals surface area contributed by atoms with E-state index in [4.69, 9.17) is 9.47 Å². The third-order valence-corrected chi connectivity index (χ3v) is 5.22. The van der Waals surface area contributed by atoms with Gasteiger partial charge < -0.3 is 14.0 Å². The molecule has 0 fully saturated rings. The highest BCUT2D eigenvalue weighted by molar-refractivity contribution is 5.98. The summed E-state index contributed by atoms with van der Waals surface area (Å²) in [4.78, 5) is 12.7. The summed E-state index contributed by atoms with van der Waals surface area (Å²) in [7, 11) is 1.66. The van der Waals surface area contributed by atoms with Crippen molar-refractivity contribution in [1.29, 1.82) is 0 Å². The lowest BCUT2D eigenvalue weighted by Gasteiger charge is -2.10. The molecule has 6 heteroatoms. The Bertz CT molecular complexity index is 1010. The SMILES string of the molecule is COc1ccc(CCn2c(C)cc(C(=O)COc3cc(C)c(C)nn3)c2C)cc1. The molecule has 0 unspecified atom stereocenters. The van der Waals surface area contributed by atoms with Gasteiger partial charge in [0.2, 0.25) is 11.7 Å². The molecule has 1 aromatic carbocycles. The molecular weight excluding hydrogens is 366 g/mol. The maximum absolute atomic E-state index is 12.7. The molecule has 0 N–H and O–H groups in total. The van der Waals surface area contributed by atoms with Gasteiger partial charge in [-0.25, -0.2) is 0 Å². The van der Waals surface area contributed by atoms with Crippen LogP contribution in [-0.4, -0.2) is 34.3 Å². The van der Waals surface area contributed by atoms with Crippen molar-refractivity contribution in [1.82, 2.24) is 14.8 Å². The Kier molecular flexibility index (Phi) is 6.32. The highest BCUT2D eigenvalue weighted by atomic mass is 16.5. The van der Waals surface area contributed by atoms with Gasteiger partial charge in [-0.15, -0.1) is 5.10 Å². The lowest BCUT2D eigenvalue weighted by atomic mass is 10.1. The van der Waals surface area contributed by atoms with Crippen LogP contribution in [0.1, 0.15) is 38.6 Å². The molecule has 0 saturated carbocycles. The zero-order valence-corrected chi connectivity index (χ0v) is 17.7. The predicted octanol–water partition coefficient (Wildman–Crippen LogP) is 4.02. The zero-order valence-electron chi connectivity index (χ0n) is 17.7. The lowest BCUT2D eigenvalue weighted by Crippen LogP contribution is -2.14. The number of hydrogen-bond donors (Lipinski definition) is 0. The van der Waals surface area contributed by atoms with Crippen LogP contribution in [0.2, 0.25) is 0 Å². The molecule has 0 aliphatic rings. The van der Waals surface area contributed by atoms with Gasteiger partial charge >= 0.3 is 0 Å². The van der Waals surface area contributed by atoms with Gasteiger partial charge in [0.25, 0.3) is 0 Å². The van der Waals surface area contributed by atoms with E-state index in [1.54, 1.807) is 13.2 Å². The summed E-state index contributed by atoms with van der Waals surface area (Å²) in [5, 5.41) is 8.02. The first kappa shape index (κ1) is 20.6. The zero-order chi connectivity index (χ0) is 21.0. The second-order valence-electron chi connectivity index (χ2n) is 7.20. The van der Waals surface area contributed by atoms with Gasteiger partial charge in [0.1, 0.15) is 5.75 Å². The average molecular weight is 393 g/mol. The minimum Gasteiger partial charge on any atom is -0.497 e. The summed E-state index contributed by atoms with van der Waals surface area (Å²) in [6.07, 6.45) is 0.878. The summed E-state index contributed by atoms with van der Waals surface area (Å²) >= 11 is 0. The van der Waals surface area contributed by atoms with E-state index in [1.807, 2.05) is 45.9 Å². The van der Waals surface area contributed by atoms with E-state index in [9.17, 15) is 4.79 Å². The Morgan fingerprint density at radius 2 is 1.76 bits per heavy atom. The largest absolute Gasteiger partial charge is 0.497 e. The quantitative estimate of drug-likeness (QED) is 0.541. The van der Waals surface area contributed by atoms with Crippen LogP contribution in [0.5, 0.6) is 11.6 Å². The average Bonchev–Trinajstić information content (AvgIpc) is 3.01. The van der Waals surface area contributed by atoms with Gasteiger partial charge in [0.15, 0.2) is 6.61 Å². The van der Waals surface area contributed by atoms with Gasteiger partial charge in [0.05, 0.1) is 12.8 Å². The van der Waals surface area contributed by atoms with E-state index in [0.717, 1.165) is 41.4 Å². The van der Waals surface area contributed by atoms with Crippen LogP contribution in [0.4, 0.5) is 0 Å². The molecule has 0 radical (unpaired) electrons. The van der Waals surface area contributed by atoms with Gasteiger partial charge in [-0.05, 0) is 63.4 Å². The summed E-state index contributed by atoms with van der Waals surface area (Å²) in [6, 6.07) is 11.8. The fraction of sp³-hybridized carbons (Fsp3) is 0.348. The first-order valence-electron chi connectivity index (χ1n) is 9.65. The van der Waals surface area contributed by atoms with E-state index < -0.39 is 0 Å². The summed E-state index contributed by atoms with van der Waals surface area (Å²) < 4.78 is 12.9. The minimum atomic E-state index is -0.0613. The Morgan fingerprint density at radius 1 is 1.03 bits per heavy atom. The van der Waals surface area contributed by atoms with E-state index in [0.29, 0.717) is 11.4 Å². The Labute approximate surface area is 171 Å². The number of ketones is 1. The van der Waals surface area contributed by atoms with E-state index in [1.165, 1.54) is 5.56 Å². The van der Waals surface area contributed by atoms with Crippen molar-refractivity contribution < 1.29 is 14.3 Å². The number of carbonyl (C=O) groups is 1. The van der Waals surface area contributed by atoms with Crippen LogP contribution in [0, 0.1) is 27.7 Å². The fourth-order valence-electron chi connectivity index (χ4n) is 3.27. The molecule has 2 aromatic heterocycles. The topological polar surface area (TPSA) is 66.2 Å². The molecule has 3 rings (SSSR count). The number of aromatic nitrogens is 3. The molecule has 0 bridgehead atoms. The third kappa shape index (κ3) is 4.83. The highest BCUT2D eigenvalue weighted by Crippen LogP contribution is 2.19. The van der Waals surface area contributed by atoms with Crippen molar-refractivity contribution >= 4 is 5.78 Å². The molecule has 0 saturated heterocycles. The van der Waals surface area contributed by atoms with Crippen molar-refractivity contribution in [3.63, 3.8) is 0 Å². The van der Waals surface area contributed by atoms with E-state index in [2.05, 4.69) is 26.9 Å². The van der Waals surface area contributed by atoms with Gasteiger partial charge in [-0.2, -0.15) is 5.10 Å². The Morgan fingerprint density at radius 3 is 2.41 bits per heavy atom. The minimum absolute atomic E-state index is 0.0556. The number of hydrogen-bond acceptors (Lipinski definition) is 5.